The highest BCUT2D eigenvalue weighted by atomic mass is 15.1. The van der Waals surface area contributed by atoms with Crippen molar-refractivity contribution in [1.82, 2.24) is 4.90 Å². The van der Waals surface area contributed by atoms with Crippen molar-refractivity contribution in [3.63, 3.8) is 0 Å². The molecular weight excluding hydrogens is 184 g/mol. The van der Waals surface area contributed by atoms with Gasteiger partial charge in [-0.25, -0.2) is 0 Å². The summed E-state index contributed by atoms with van der Waals surface area (Å²) in [6.45, 7) is 8.04. The van der Waals surface area contributed by atoms with E-state index in [1.165, 1.54) is 5.56 Å². The second-order valence-electron chi connectivity index (χ2n) is 3.66. The Hall–Kier alpha value is -1.33. The summed E-state index contributed by atoms with van der Waals surface area (Å²) >= 11 is 0. The van der Waals surface area contributed by atoms with Gasteiger partial charge in [0.25, 0.3) is 0 Å². The van der Waals surface area contributed by atoms with E-state index in [2.05, 4.69) is 43.9 Å². The van der Waals surface area contributed by atoms with Gasteiger partial charge in [-0.3, -0.25) is 4.90 Å². The highest BCUT2D eigenvalue weighted by Crippen LogP contribution is 2.19. The molecule has 1 aromatic rings. The monoisotopic (exact) mass is 202 g/mol. The van der Waals surface area contributed by atoms with Gasteiger partial charge in [-0.15, -0.1) is 0 Å². The Labute approximate surface area is 92.1 Å². The smallest absolute Gasteiger partial charge is 0.123 e. The van der Waals surface area contributed by atoms with Crippen molar-refractivity contribution in [2.75, 3.05) is 13.1 Å². The molecule has 0 amide bonds. The molecule has 0 fully saturated rings. The minimum atomic E-state index is -0.111. The van der Waals surface area contributed by atoms with Gasteiger partial charge in [0, 0.05) is 0 Å². The summed E-state index contributed by atoms with van der Waals surface area (Å²) in [5.74, 6) is 0. The van der Waals surface area contributed by atoms with Crippen LogP contribution < -0.4 is 0 Å². The minimum Gasteiger partial charge on any atom is -0.285 e. The van der Waals surface area contributed by atoms with Crippen LogP contribution >= 0.6 is 0 Å². The largest absolute Gasteiger partial charge is 0.285 e. The van der Waals surface area contributed by atoms with Crippen molar-refractivity contribution in [2.24, 2.45) is 0 Å². The van der Waals surface area contributed by atoms with E-state index in [1.54, 1.807) is 0 Å². The van der Waals surface area contributed by atoms with Crippen molar-refractivity contribution < 1.29 is 0 Å². The molecule has 2 nitrogen and oxygen atoms in total. The molecule has 0 unspecified atom stereocenters. The Morgan fingerprint density at radius 1 is 1.20 bits per heavy atom. The molecule has 0 aliphatic rings. The maximum Gasteiger partial charge on any atom is 0.123 e. The van der Waals surface area contributed by atoms with Crippen molar-refractivity contribution in [2.45, 2.75) is 26.8 Å². The summed E-state index contributed by atoms with van der Waals surface area (Å²) in [5, 5.41) is 9.19. The third-order valence-electron chi connectivity index (χ3n) is 2.69. The topological polar surface area (TPSA) is 27.0 Å². The van der Waals surface area contributed by atoms with Gasteiger partial charge >= 0.3 is 0 Å². The summed E-state index contributed by atoms with van der Waals surface area (Å²) in [6, 6.07) is 10.5. The van der Waals surface area contributed by atoms with Crippen LogP contribution in [0.4, 0.5) is 0 Å². The van der Waals surface area contributed by atoms with Crippen molar-refractivity contribution in [1.29, 1.82) is 5.26 Å². The van der Waals surface area contributed by atoms with Crippen LogP contribution in [0.2, 0.25) is 0 Å². The first-order valence-corrected chi connectivity index (χ1v) is 5.43. The number of nitriles is 1. The van der Waals surface area contributed by atoms with Gasteiger partial charge in [-0.2, -0.15) is 5.26 Å². The second kappa shape index (κ2) is 5.53. The first-order chi connectivity index (χ1) is 7.22. The van der Waals surface area contributed by atoms with Gasteiger partial charge in [0.2, 0.25) is 0 Å². The average Bonchev–Trinajstić information content (AvgIpc) is 2.27. The third-order valence-corrected chi connectivity index (χ3v) is 2.69. The lowest BCUT2D eigenvalue weighted by molar-refractivity contribution is 0.262. The van der Waals surface area contributed by atoms with Crippen LogP contribution in [0.15, 0.2) is 24.3 Å². The Kier molecular flexibility index (Phi) is 4.33. The number of aryl methyl sites for hydroxylation is 1. The van der Waals surface area contributed by atoms with E-state index in [1.807, 2.05) is 12.1 Å². The van der Waals surface area contributed by atoms with Crippen LogP contribution in [-0.2, 0) is 0 Å². The molecule has 0 N–H and O–H groups in total. The van der Waals surface area contributed by atoms with Gasteiger partial charge in [0.15, 0.2) is 0 Å². The molecule has 80 valence electrons. The Morgan fingerprint density at radius 2 is 1.73 bits per heavy atom. The zero-order valence-electron chi connectivity index (χ0n) is 9.70. The van der Waals surface area contributed by atoms with Gasteiger partial charge < -0.3 is 0 Å². The first-order valence-electron chi connectivity index (χ1n) is 5.43. The molecule has 0 aromatic heterocycles. The highest BCUT2D eigenvalue weighted by molar-refractivity contribution is 5.27. The Bertz CT molecular complexity index is 331. The van der Waals surface area contributed by atoms with E-state index in [0.29, 0.717) is 0 Å². The lowest BCUT2D eigenvalue weighted by Crippen LogP contribution is -2.27. The van der Waals surface area contributed by atoms with E-state index in [-0.39, 0.29) is 6.04 Å². The van der Waals surface area contributed by atoms with E-state index in [9.17, 15) is 5.26 Å². The Morgan fingerprint density at radius 3 is 2.13 bits per heavy atom. The predicted octanol–water partition coefficient (Wildman–Crippen LogP) is 2.90. The van der Waals surface area contributed by atoms with Crippen LogP contribution in [0.1, 0.15) is 31.0 Å². The van der Waals surface area contributed by atoms with Crippen LogP contribution in [0.3, 0.4) is 0 Å². The number of rotatable bonds is 4. The summed E-state index contributed by atoms with van der Waals surface area (Å²) in [4.78, 5) is 2.16. The average molecular weight is 202 g/mol. The van der Waals surface area contributed by atoms with Crippen LogP contribution in [-0.4, -0.2) is 18.0 Å². The quantitative estimate of drug-likeness (QED) is 0.750. The Balaban J connectivity index is 2.92. The van der Waals surface area contributed by atoms with E-state index in [0.717, 1.165) is 18.7 Å². The van der Waals surface area contributed by atoms with Crippen LogP contribution in [0.5, 0.6) is 0 Å². The van der Waals surface area contributed by atoms with Crippen molar-refractivity contribution >= 4 is 0 Å². The molecule has 0 spiro atoms. The fraction of sp³-hybridized carbons (Fsp3) is 0.462. The number of hydrogen-bond donors (Lipinski definition) is 0. The lowest BCUT2D eigenvalue weighted by Gasteiger charge is -2.24. The van der Waals surface area contributed by atoms with Crippen molar-refractivity contribution in [3.8, 4) is 6.07 Å². The van der Waals surface area contributed by atoms with Crippen LogP contribution in [0.25, 0.3) is 0 Å². The molecule has 1 aromatic carbocycles. The number of nitrogens with zero attached hydrogens (tertiary/aromatic N) is 2. The summed E-state index contributed by atoms with van der Waals surface area (Å²) < 4.78 is 0. The van der Waals surface area contributed by atoms with E-state index >= 15 is 0 Å². The highest BCUT2D eigenvalue weighted by Gasteiger charge is 2.16. The molecular formula is C13H18N2. The molecule has 0 saturated carbocycles. The van der Waals surface area contributed by atoms with Gasteiger partial charge in [0.1, 0.15) is 6.04 Å². The zero-order chi connectivity index (χ0) is 11.3. The zero-order valence-corrected chi connectivity index (χ0v) is 9.70. The van der Waals surface area contributed by atoms with Gasteiger partial charge in [-0.1, -0.05) is 43.7 Å². The molecule has 1 rings (SSSR count). The third kappa shape index (κ3) is 2.81. The normalized spacial score (nSPS) is 12.5. The molecule has 1 atom stereocenters. The maximum absolute atomic E-state index is 9.19. The molecule has 0 aliphatic carbocycles. The van der Waals surface area contributed by atoms with E-state index in [4.69, 9.17) is 0 Å². The minimum absolute atomic E-state index is 0.111. The number of hydrogen-bond acceptors (Lipinski definition) is 2. The fourth-order valence-corrected chi connectivity index (χ4v) is 1.70. The molecule has 0 radical (unpaired) electrons. The summed E-state index contributed by atoms with van der Waals surface area (Å²) in [6.07, 6.45) is 0. The van der Waals surface area contributed by atoms with Crippen molar-refractivity contribution in [3.05, 3.63) is 35.4 Å². The molecule has 0 bridgehead atoms. The standard InChI is InChI=1S/C13H18N2/c1-4-15(5-2)13(10-14)12-8-6-11(3)7-9-12/h6-9,13H,4-5H2,1-3H3/t13-/m0/s1. The number of benzene rings is 1. The molecule has 0 aliphatic heterocycles. The van der Waals surface area contributed by atoms with E-state index < -0.39 is 0 Å². The molecule has 0 heterocycles. The fourth-order valence-electron chi connectivity index (χ4n) is 1.70. The van der Waals surface area contributed by atoms with Crippen LogP contribution in [0, 0.1) is 18.3 Å². The maximum atomic E-state index is 9.19. The SMILES string of the molecule is CCN(CC)[C@@H](C#N)c1ccc(C)cc1. The second-order valence-corrected chi connectivity index (χ2v) is 3.66. The summed E-state index contributed by atoms with van der Waals surface area (Å²) in [5.41, 5.74) is 2.32. The molecule has 0 saturated heterocycles. The predicted molar refractivity (Wildman–Crippen MR) is 62.5 cm³/mol. The van der Waals surface area contributed by atoms with Gasteiger partial charge in [-0.05, 0) is 25.6 Å². The lowest BCUT2D eigenvalue weighted by atomic mass is 10.0. The van der Waals surface area contributed by atoms with Gasteiger partial charge in [0.05, 0.1) is 6.07 Å². The summed E-state index contributed by atoms with van der Waals surface area (Å²) in [7, 11) is 0. The molecule has 15 heavy (non-hydrogen) atoms. The molecule has 2 heteroatoms. The first kappa shape index (κ1) is 11.7.